The first-order valence-corrected chi connectivity index (χ1v) is 5.65. The molecule has 0 unspecified atom stereocenters. The average molecular weight is 254 g/mol. The van der Waals surface area contributed by atoms with Crippen molar-refractivity contribution in [2.45, 2.75) is 19.3 Å². The van der Waals surface area contributed by atoms with Crippen LogP contribution in [0.3, 0.4) is 0 Å². The fourth-order valence-corrected chi connectivity index (χ4v) is 2.61. The maximum Gasteiger partial charge on any atom is 0.0471 e. The molecule has 0 aliphatic carbocycles. The van der Waals surface area contributed by atoms with Gasteiger partial charge in [-0.25, -0.2) is 0 Å². The van der Waals surface area contributed by atoms with E-state index in [9.17, 15) is 0 Å². The van der Waals surface area contributed by atoms with Crippen LogP contribution >= 0.6 is 27.5 Å². The highest BCUT2D eigenvalue weighted by atomic mass is 79.9. The van der Waals surface area contributed by atoms with Gasteiger partial charge in [-0.2, -0.15) is 0 Å². The van der Waals surface area contributed by atoms with Gasteiger partial charge in [-0.3, -0.25) is 0 Å². The monoisotopic (exact) mass is 252 g/mol. The molecule has 0 aromatic heterocycles. The van der Waals surface area contributed by atoms with Crippen molar-refractivity contribution in [2.75, 3.05) is 18.5 Å². The van der Waals surface area contributed by atoms with Crippen LogP contribution in [0.15, 0.2) is 11.6 Å². The van der Waals surface area contributed by atoms with Crippen LogP contribution in [0.25, 0.3) is 0 Å². The van der Waals surface area contributed by atoms with Crippen molar-refractivity contribution < 1.29 is 4.74 Å². The number of alkyl halides is 1. The van der Waals surface area contributed by atoms with Crippen molar-refractivity contribution >= 4 is 27.5 Å². The molecule has 3 heteroatoms. The van der Waals surface area contributed by atoms with Gasteiger partial charge < -0.3 is 4.74 Å². The Labute approximate surface area is 87.2 Å². The van der Waals surface area contributed by atoms with Gasteiger partial charge in [-0.05, 0) is 24.7 Å². The van der Waals surface area contributed by atoms with Gasteiger partial charge in [0.1, 0.15) is 0 Å². The number of hydrogen-bond donors (Lipinski definition) is 0. The zero-order valence-electron chi connectivity index (χ0n) is 7.11. The van der Waals surface area contributed by atoms with Crippen LogP contribution in [0.4, 0.5) is 0 Å². The summed E-state index contributed by atoms with van der Waals surface area (Å²) < 4.78 is 5.31. The molecule has 1 nitrogen and oxygen atoms in total. The van der Waals surface area contributed by atoms with Crippen molar-refractivity contribution in [3.8, 4) is 0 Å². The lowest BCUT2D eigenvalue weighted by atomic mass is 9.79. The van der Waals surface area contributed by atoms with E-state index in [4.69, 9.17) is 16.3 Å². The standard InChI is InChI=1S/C9H14BrClO/c1-8(11)6-9(7-10)2-4-12-5-3-9/h1-7H2. The summed E-state index contributed by atoms with van der Waals surface area (Å²) in [4.78, 5) is 0. The van der Waals surface area contributed by atoms with E-state index in [1.807, 2.05) is 0 Å². The zero-order valence-corrected chi connectivity index (χ0v) is 9.46. The zero-order chi connectivity index (χ0) is 9.03. The van der Waals surface area contributed by atoms with Crippen molar-refractivity contribution in [1.29, 1.82) is 0 Å². The molecular weight excluding hydrogens is 239 g/mol. The normalized spacial score (nSPS) is 22.2. The second kappa shape index (κ2) is 4.64. The summed E-state index contributed by atoms with van der Waals surface area (Å²) in [6.07, 6.45) is 3.08. The van der Waals surface area contributed by atoms with Crippen LogP contribution in [0, 0.1) is 5.41 Å². The molecule has 70 valence electrons. The molecule has 0 radical (unpaired) electrons. The molecular formula is C9H14BrClO. The van der Waals surface area contributed by atoms with Crippen molar-refractivity contribution in [2.24, 2.45) is 5.41 Å². The van der Waals surface area contributed by atoms with Gasteiger partial charge in [0.05, 0.1) is 0 Å². The fraction of sp³-hybridized carbons (Fsp3) is 0.778. The molecule has 1 rings (SSSR count). The Hall–Kier alpha value is 0.470. The molecule has 0 aromatic carbocycles. The minimum atomic E-state index is 0.303. The molecule has 0 atom stereocenters. The Bertz CT molecular complexity index is 164. The van der Waals surface area contributed by atoms with Crippen molar-refractivity contribution in [1.82, 2.24) is 0 Å². The first kappa shape index (κ1) is 10.6. The number of ether oxygens (including phenoxy) is 1. The summed E-state index contributed by atoms with van der Waals surface area (Å²) >= 11 is 9.36. The van der Waals surface area contributed by atoms with E-state index in [-0.39, 0.29) is 0 Å². The van der Waals surface area contributed by atoms with E-state index in [1.165, 1.54) is 0 Å². The Kier molecular flexibility index (Phi) is 4.08. The Morgan fingerprint density at radius 1 is 1.50 bits per heavy atom. The van der Waals surface area contributed by atoms with E-state index in [0.29, 0.717) is 5.41 Å². The highest BCUT2D eigenvalue weighted by Gasteiger charge is 2.31. The Morgan fingerprint density at radius 3 is 2.50 bits per heavy atom. The lowest BCUT2D eigenvalue weighted by Gasteiger charge is -2.35. The summed E-state index contributed by atoms with van der Waals surface area (Å²) in [5, 5.41) is 1.76. The van der Waals surface area contributed by atoms with Crippen molar-refractivity contribution in [3.63, 3.8) is 0 Å². The first-order valence-electron chi connectivity index (χ1n) is 4.15. The summed E-state index contributed by atoms with van der Waals surface area (Å²) in [6, 6.07) is 0. The highest BCUT2D eigenvalue weighted by molar-refractivity contribution is 9.09. The Balaban J connectivity index is 2.53. The van der Waals surface area contributed by atoms with Crippen LogP contribution in [0.2, 0.25) is 0 Å². The third-order valence-corrected chi connectivity index (χ3v) is 3.73. The second-order valence-electron chi connectivity index (χ2n) is 3.44. The first-order chi connectivity index (χ1) is 5.68. The average Bonchev–Trinajstić information content (AvgIpc) is 2.05. The smallest absolute Gasteiger partial charge is 0.0471 e. The van der Waals surface area contributed by atoms with Crippen LogP contribution in [-0.2, 0) is 4.74 Å². The summed E-state index contributed by atoms with van der Waals surface area (Å²) in [5.74, 6) is 0. The lowest BCUT2D eigenvalue weighted by molar-refractivity contribution is 0.0278. The van der Waals surface area contributed by atoms with Crippen LogP contribution < -0.4 is 0 Å². The number of rotatable bonds is 3. The minimum absolute atomic E-state index is 0.303. The van der Waals surface area contributed by atoms with Gasteiger partial charge in [-0.1, -0.05) is 34.1 Å². The molecule has 1 heterocycles. The third-order valence-electron chi connectivity index (χ3n) is 2.40. The van der Waals surface area contributed by atoms with E-state index in [1.54, 1.807) is 0 Å². The molecule has 0 amide bonds. The number of halogens is 2. The third kappa shape index (κ3) is 2.75. The SMILES string of the molecule is C=C(Cl)CC1(CBr)CCOCC1. The predicted octanol–water partition coefficient (Wildman–Crippen LogP) is 3.32. The van der Waals surface area contributed by atoms with Crippen LogP contribution in [0.5, 0.6) is 0 Å². The fourth-order valence-electron chi connectivity index (χ4n) is 1.57. The van der Waals surface area contributed by atoms with Gasteiger partial charge in [-0.15, -0.1) is 0 Å². The van der Waals surface area contributed by atoms with Crippen molar-refractivity contribution in [3.05, 3.63) is 11.6 Å². The summed E-state index contributed by atoms with van der Waals surface area (Å²) in [7, 11) is 0. The van der Waals surface area contributed by atoms with Gasteiger partial charge >= 0.3 is 0 Å². The number of allylic oxidation sites excluding steroid dienone is 1. The molecule has 0 saturated carbocycles. The van der Waals surface area contributed by atoms with E-state index < -0.39 is 0 Å². The molecule has 1 aliphatic rings. The molecule has 0 spiro atoms. The minimum Gasteiger partial charge on any atom is -0.381 e. The molecule has 1 aliphatic heterocycles. The van der Waals surface area contributed by atoms with Gasteiger partial charge in [0.15, 0.2) is 0 Å². The topological polar surface area (TPSA) is 9.23 Å². The van der Waals surface area contributed by atoms with Gasteiger partial charge in [0.25, 0.3) is 0 Å². The van der Waals surface area contributed by atoms with E-state index in [0.717, 1.165) is 42.8 Å². The largest absolute Gasteiger partial charge is 0.381 e. The lowest BCUT2D eigenvalue weighted by Crippen LogP contribution is -2.31. The summed E-state index contributed by atoms with van der Waals surface area (Å²) in [5.41, 5.74) is 0.303. The molecule has 12 heavy (non-hydrogen) atoms. The molecule has 1 fully saturated rings. The quantitative estimate of drug-likeness (QED) is 0.701. The predicted molar refractivity (Wildman–Crippen MR) is 55.9 cm³/mol. The second-order valence-corrected chi connectivity index (χ2v) is 4.54. The van der Waals surface area contributed by atoms with E-state index in [2.05, 4.69) is 22.5 Å². The molecule has 1 saturated heterocycles. The number of hydrogen-bond acceptors (Lipinski definition) is 1. The summed E-state index contributed by atoms with van der Waals surface area (Å²) in [6.45, 7) is 5.46. The van der Waals surface area contributed by atoms with Gasteiger partial charge in [0, 0.05) is 23.6 Å². The van der Waals surface area contributed by atoms with Gasteiger partial charge in [0.2, 0.25) is 0 Å². The van der Waals surface area contributed by atoms with E-state index >= 15 is 0 Å². The molecule has 0 aromatic rings. The molecule has 0 N–H and O–H groups in total. The van der Waals surface area contributed by atoms with Crippen LogP contribution in [-0.4, -0.2) is 18.5 Å². The molecule has 0 bridgehead atoms. The highest BCUT2D eigenvalue weighted by Crippen LogP contribution is 2.38. The maximum absolute atomic E-state index is 5.82. The Morgan fingerprint density at radius 2 is 2.08 bits per heavy atom. The maximum atomic E-state index is 5.82. The van der Waals surface area contributed by atoms with Crippen LogP contribution in [0.1, 0.15) is 19.3 Å².